The highest BCUT2D eigenvalue weighted by Crippen LogP contribution is 2.13. The molecule has 0 radical (unpaired) electrons. The Kier molecular flexibility index (Phi) is 2.58. The second-order valence-electron chi connectivity index (χ2n) is 3.49. The van der Waals surface area contributed by atoms with Gasteiger partial charge in [0.1, 0.15) is 0 Å². The molecule has 12 heavy (non-hydrogen) atoms. The van der Waals surface area contributed by atoms with E-state index in [1.807, 2.05) is 25.8 Å². The first kappa shape index (κ1) is 9.34. The summed E-state index contributed by atoms with van der Waals surface area (Å²) in [5.74, 6) is 0. The van der Waals surface area contributed by atoms with Crippen molar-refractivity contribution in [2.75, 3.05) is 18.5 Å². The number of nitrogens with zero attached hydrogens (tertiary/aromatic N) is 4. The van der Waals surface area contributed by atoms with Gasteiger partial charge in [-0.2, -0.15) is 0 Å². The van der Waals surface area contributed by atoms with E-state index in [-0.39, 0.29) is 5.54 Å². The fourth-order valence-electron chi connectivity index (χ4n) is 0.954. The maximum absolute atomic E-state index is 5.84. The molecule has 0 bridgehead atoms. The summed E-state index contributed by atoms with van der Waals surface area (Å²) in [6, 6.07) is 0. The summed E-state index contributed by atoms with van der Waals surface area (Å²) in [7, 11) is 1.93. The van der Waals surface area contributed by atoms with Crippen LogP contribution in [0.25, 0.3) is 0 Å². The summed E-state index contributed by atoms with van der Waals surface area (Å²) in [5.41, 5.74) is 5.62. The van der Waals surface area contributed by atoms with Gasteiger partial charge in [0.2, 0.25) is 5.13 Å². The number of hydrogen-bond donors (Lipinski definition) is 1. The lowest BCUT2D eigenvalue weighted by molar-refractivity contribution is 0.518. The molecule has 0 spiro atoms. The van der Waals surface area contributed by atoms with Crippen molar-refractivity contribution in [3.05, 3.63) is 0 Å². The molecular formula is C6H13N5S. The summed E-state index contributed by atoms with van der Waals surface area (Å²) < 4.78 is 3.67. The van der Waals surface area contributed by atoms with E-state index in [2.05, 4.69) is 14.8 Å². The number of hydrogen-bond acceptors (Lipinski definition) is 6. The molecule has 0 aliphatic rings. The molecule has 68 valence electrons. The number of likely N-dealkylation sites (N-methyl/N-ethyl adjacent to an activating group) is 1. The molecule has 0 saturated carbocycles. The molecule has 0 fully saturated rings. The van der Waals surface area contributed by atoms with E-state index in [0.29, 0.717) is 0 Å². The quantitative estimate of drug-likeness (QED) is 0.727. The summed E-state index contributed by atoms with van der Waals surface area (Å²) in [4.78, 5) is 1.95. The largest absolute Gasteiger partial charge is 0.347 e. The number of rotatable bonds is 3. The highest BCUT2D eigenvalue weighted by atomic mass is 32.1. The average molecular weight is 187 g/mol. The molecule has 5 nitrogen and oxygen atoms in total. The molecule has 0 aliphatic heterocycles. The fourth-order valence-corrected chi connectivity index (χ4v) is 1.38. The molecule has 1 heterocycles. The number of aromatic nitrogens is 3. The van der Waals surface area contributed by atoms with Gasteiger partial charge in [-0.15, -0.1) is 0 Å². The Labute approximate surface area is 75.7 Å². The monoisotopic (exact) mass is 187 g/mol. The van der Waals surface area contributed by atoms with Crippen LogP contribution in [-0.2, 0) is 0 Å². The summed E-state index contributed by atoms with van der Waals surface area (Å²) >= 11 is 1.27. The third-order valence-corrected chi connectivity index (χ3v) is 1.97. The molecule has 1 aromatic rings. The zero-order valence-electron chi connectivity index (χ0n) is 7.48. The Morgan fingerprint density at radius 3 is 2.67 bits per heavy atom. The van der Waals surface area contributed by atoms with E-state index in [4.69, 9.17) is 5.73 Å². The molecule has 0 aromatic carbocycles. The Balaban J connectivity index is 2.56. The van der Waals surface area contributed by atoms with Gasteiger partial charge in [0.15, 0.2) is 0 Å². The van der Waals surface area contributed by atoms with Crippen LogP contribution in [0.5, 0.6) is 0 Å². The Hall–Kier alpha value is -0.750. The standard InChI is InChI=1S/C6H13N5S/c1-6(2,7)4-11(3)5-8-9-10-12-5/h4,7H2,1-3H3. The molecule has 1 aromatic heterocycles. The van der Waals surface area contributed by atoms with Crippen LogP contribution >= 0.6 is 11.5 Å². The molecule has 6 heteroatoms. The third kappa shape index (κ3) is 2.71. The molecule has 0 amide bonds. The minimum Gasteiger partial charge on any atom is -0.347 e. The van der Waals surface area contributed by atoms with Crippen molar-refractivity contribution in [2.24, 2.45) is 5.73 Å². The SMILES string of the molecule is CN(CC(C)(C)N)c1nnns1. The lowest BCUT2D eigenvalue weighted by Crippen LogP contribution is -2.44. The zero-order valence-corrected chi connectivity index (χ0v) is 8.30. The molecular weight excluding hydrogens is 174 g/mol. The highest BCUT2D eigenvalue weighted by molar-refractivity contribution is 7.09. The van der Waals surface area contributed by atoms with E-state index < -0.39 is 0 Å². The lowest BCUT2D eigenvalue weighted by atomic mass is 10.1. The van der Waals surface area contributed by atoms with Crippen LogP contribution < -0.4 is 10.6 Å². The van der Waals surface area contributed by atoms with Crippen molar-refractivity contribution in [2.45, 2.75) is 19.4 Å². The average Bonchev–Trinajstić information content (AvgIpc) is 2.32. The summed E-state index contributed by atoms with van der Waals surface area (Å²) in [5, 5.41) is 8.14. The minimum atomic E-state index is -0.222. The summed E-state index contributed by atoms with van der Waals surface area (Å²) in [6.45, 7) is 4.68. The first-order chi connectivity index (χ1) is 5.49. The Morgan fingerprint density at radius 2 is 2.25 bits per heavy atom. The fraction of sp³-hybridized carbons (Fsp3) is 0.833. The van der Waals surface area contributed by atoms with Crippen LogP contribution in [0.15, 0.2) is 0 Å². The maximum Gasteiger partial charge on any atom is 0.227 e. The second kappa shape index (κ2) is 3.32. The van der Waals surface area contributed by atoms with Crippen LogP contribution in [0.4, 0.5) is 5.13 Å². The van der Waals surface area contributed by atoms with Gasteiger partial charge in [0, 0.05) is 30.7 Å². The highest BCUT2D eigenvalue weighted by Gasteiger charge is 2.16. The molecule has 0 saturated heterocycles. The summed E-state index contributed by atoms with van der Waals surface area (Å²) in [6.07, 6.45) is 0. The molecule has 2 N–H and O–H groups in total. The maximum atomic E-state index is 5.84. The smallest absolute Gasteiger partial charge is 0.227 e. The van der Waals surface area contributed by atoms with E-state index in [1.165, 1.54) is 11.5 Å². The minimum absolute atomic E-state index is 0.222. The van der Waals surface area contributed by atoms with Crippen molar-refractivity contribution >= 4 is 16.7 Å². The van der Waals surface area contributed by atoms with Crippen molar-refractivity contribution in [3.8, 4) is 0 Å². The lowest BCUT2D eigenvalue weighted by Gasteiger charge is -2.25. The Bertz CT molecular complexity index is 227. The van der Waals surface area contributed by atoms with Gasteiger partial charge >= 0.3 is 0 Å². The van der Waals surface area contributed by atoms with E-state index in [9.17, 15) is 0 Å². The van der Waals surface area contributed by atoms with E-state index >= 15 is 0 Å². The first-order valence-corrected chi connectivity index (χ1v) is 4.41. The second-order valence-corrected chi connectivity index (χ2v) is 4.20. The predicted molar refractivity (Wildman–Crippen MR) is 49.2 cm³/mol. The van der Waals surface area contributed by atoms with Gasteiger partial charge in [-0.1, -0.05) is 9.59 Å². The van der Waals surface area contributed by atoms with Crippen molar-refractivity contribution < 1.29 is 0 Å². The first-order valence-electron chi connectivity index (χ1n) is 3.64. The van der Waals surface area contributed by atoms with Crippen molar-refractivity contribution in [3.63, 3.8) is 0 Å². The molecule has 1 rings (SSSR count). The normalized spacial score (nSPS) is 11.7. The molecule has 0 atom stereocenters. The zero-order chi connectivity index (χ0) is 9.19. The van der Waals surface area contributed by atoms with Crippen LogP contribution in [0.2, 0.25) is 0 Å². The predicted octanol–water partition coefficient (Wildman–Crippen LogP) is 0.107. The molecule has 0 unspecified atom stereocenters. The van der Waals surface area contributed by atoms with Gasteiger partial charge in [-0.05, 0) is 19.1 Å². The van der Waals surface area contributed by atoms with Crippen LogP contribution in [-0.4, -0.2) is 33.9 Å². The van der Waals surface area contributed by atoms with Gasteiger partial charge in [0.05, 0.1) is 0 Å². The van der Waals surface area contributed by atoms with Gasteiger partial charge in [-0.3, -0.25) is 0 Å². The van der Waals surface area contributed by atoms with E-state index in [1.54, 1.807) is 0 Å². The topological polar surface area (TPSA) is 67.9 Å². The van der Waals surface area contributed by atoms with Gasteiger partial charge in [0.25, 0.3) is 0 Å². The van der Waals surface area contributed by atoms with Crippen LogP contribution in [0.1, 0.15) is 13.8 Å². The van der Waals surface area contributed by atoms with Crippen molar-refractivity contribution in [1.29, 1.82) is 0 Å². The van der Waals surface area contributed by atoms with E-state index in [0.717, 1.165) is 11.7 Å². The molecule has 0 aliphatic carbocycles. The van der Waals surface area contributed by atoms with Crippen LogP contribution in [0, 0.1) is 0 Å². The Morgan fingerprint density at radius 1 is 1.58 bits per heavy atom. The van der Waals surface area contributed by atoms with Gasteiger partial charge < -0.3 is 10.6 Å². The number of nitrogens with two attached hydrogens (primary N) is 1. The van der Waals surface area contributed by atoms with Crippen LogP contribution in [0.3, 0.4) is 0 Å². The van der Waals surface area contributed by atoms with Crippen molar-refractivity contribution in [1.82, 2.24) is 14.8 Å². The van der Waals surface area contributed by atoms with Gasteiger partial charge in [-0.25, -0.2) is 0 Å². The third-order valence-electron chi connectivity index (χ3n) is 1.26. The number of anilines is 1.